The fourth-order valence-electron chi connectivity index (χ4n) is 5.04. The molecule has 1 atom stereocenters. The summed E-state index contributed by atoms with van der Waals surface area (Å²) in [7, 11) is -0.178. The van der Waals surface area contributed by atoms with Crippen LogP contribution in [-0.4, -0.2) is 34.2 Å². The van der Waals surface area contributed by atoms with Crippen LogP contribution in [0.5, 0.6) is 0 Å². The van der Waals surface area contributed by atoms with Gasteiger partial charge in [0.2, 0.25) is 5.90 Å². The first-order chi connectivity index (χ1) is 13.0. The number of hydrogen-bond donors (Lipinski definition) is 0. The Morgan fingerprint density at radius 2 is 1.56 bits per heavy atom. The standard InChI is InChI=1S/C23H37N2OP/c1-23(2,3)21-17-26-22(24-21)20-15-10-16-25(20)27(18-11-6-4-7-12-18)19-13-8-5-9-14-19/h10,15-16,18-19,21H,4-9,11-14,17H2,1-3H3/t21-/m1/s1. The van der Waals surface area contributed by atoms with E-state index in [-0.39, 0.29) is 19.5 Å². The molecule has 2 fully saturated rings. The van der Waals surface area contributed by atoms with Crippen molar-refractivity contribution in [3.63, 3.8) is 0 Å². The third-order valence-electron chi connectivity index (χ3n) is 6.74. The Balaban J connectivity index is 1.64. The van der Waals surface area contributed by atoms with Crippen molar-refractivity contribution in [3.05, 3.63) is 24.0 Å². The molecule has 1 aromatic heterocycles. The number of rotatable bonds is 4. The van der Waals surface area contributed by atoms with Gasteiger partial charge < -0.3 is 9.07 Å². The Kier molecular flexibility index (Phi) is 5.97. The first kappa shape index (κ1) is 19.5. The van der Waals surface area contributed by atoms with Crippen LogP contribution < -0.4 is 0 Å². The average molecular weight is 389 g/mol. The quantitative estimate of drug-likeness (QED) is 0.534. The molecule has 0 aromatic carbocycles. The summed E-state index contributed by atoms with van der Waals surface area (Å²) in [5.41, 5.74) is 3.20. The van der Waals surface area contributed by atoms with Crippen molar-refractivity contribution in [1.82, 2.24) is 4.34 Å². The van der Waals surface area contributed by atoms with E-state index in [9.17, 15) is 0 Å². The minimum Gasteiger partial charge on any atom is -0.474 e. The van der Waals surface area contributed by atoms with Gasteiger partial charge in [-0.25, -0.2) is 4.99 Å². The van der Waals surface area contributed by atoms with Crippen molar-refractivity contribution >= 4 is 14.0 Å². The zero-order valence-corrected chi connectivity index (χ0v) is 18.4. The van der Waals surface area contributed by atoms with Crippen LogP contribution in [0.15, 0.2) is 23.3 Å². The van der Waals surface area contributed by atoms with Gasteiger partial charge in [0.05, 0.1) is 6.04 Å². The normalized spacial score (nSPS) is 25.6. The van der Waals surface area contributed by atoms with Crippen LogP contribution in [0.1, 0.15) is 90.7 Å². The zero-order chi connectivity index (χ0) is 18.9. The minimum atomic E-state index is -0.178. The van der Waals surface area contributed by atoms with Gasteiger partial charge in [-0.1, -0.05) is 59.3 Å². The van der Waals surface area contributed by atoms with Gasteiger partial charge in [-0.15, -0.1) is 0 Å². The summed E-state index contributed by atoms with van der Waals surface area (Å²) in [5, 5.41) is 0. The molecule has 3 nitrogen and oxygen atoms in total. The summed E-state index contributed by atoms with van der Waals surface area (Å²) < 4.78 is 8.79. The highest BCUT2D eigenvalue weighted by molar-refractivity contribution is 7.57. The van der Waals surface area contributed by atoms with Crippen molar-refractivity contribution in [2.45, 2.75) is 102 Å². The monoisotopic (exact) mass is 388 g/mol. The molecule has 0 bridgehead atoms. The van der Waals surface area contributed by atoms with E-state index in [1.807, 2.05) is 0 Å². The smallest absolute Gasteiger partial charge is 0.234 e. The van der Waals surface area contributed by atoms with E-state index in [0.717, 1.165) is 23.8 Å². The van der Waals surface area contributed by atoms with Gasteiger partial charge in [0.25, 0.3) is 0 Å². The molecule has 0 spiro atoms. The number of aliphatic imine (C=N–C) groups is 1. The van der Waals surface area contributed by atoms with Crippen molar-refractivity contribution in [1.29, 1.82) is 0 Å². The second-order valence-corrected chi connectivity index (χ2v) is 12.5. The maximum atomic E-state index is 6.14. The molecule has 4 rings (SSSR count). The Morgan fingerprint density at radius 3 is 2.07 bits per heavy atom. The average Bonchev–Trinajstić information content (AvgIpc) is 3.33. The van der Waals surface area contributed by atoms with E-state index >= 15 is 0 Å². The van der Waals surface area contributed by atoms with E-state index in [2.05, 4.69) is 43.4 Å². The SMILES string of the molecule is CC(C)(C)[C@H]1COC(c2cccn2P(C2CCCCC2)C2CCCCC2)=N1. The maximum Gasteiger partial charge on any atom is 0.234 e. The van der Waals surface area contributed by atoms with Gasteiger partial charge in [-0.2, -0.15) is 0 Å². The first-order valence-electron chi connectivity index (χ1n) is 11.2. The van der Waals surface area contributed by atoms with E-state index in [1.54, 1.807) is 0 Å². The Morgan fingerprint density at radius 1 is 0.963 bits per heavy atom. The van der Waals surface area contributed by atoms with E-state index in [0.29, 0.717) is 0 Å². The van der Waals surface area contributed by atoms with Crippen molar-refractivity contribution in [3.8, 4) is 0 Å². The van der Waals surface area contributed by atoms with E-state index < -0.39 is 0 Å². The number of hydrogen-bond acceptors (Lipinski definition) is 2. The van der Waals surface area contributed by atoms with Crippen LogP contribution in [0.4, 0.5) is 0 Å². The fourth-order valence-corrected chi connectivity index (χ4v) is 8.76. The van der Waals surface area contributed by atoms with Crippen LogP contribution in [-0.2, 0) is 4.74 Å². The molecule has 150 valence electrons. The molecule has 3 aliphatic rings. The number of nitrogens with zero attached hydrogens (tertiary/aromatic N) is 2. The summed E-state index contributed by atoms with van der Waals surface area (Å²) in [5.74, 6) is 0.902. The zero-order valence-electron chi connectivity index (χ0n) is 17.5. The molecule has 0 unspecified atom stereocenters. The Hall–Kier alpha value is -0.820. The predicted molar refractivity (Wildman–Crippen MR) is 116 cm³/mol. The van der Waals surface area contributed by atoms with Crippen molar-refractivity contribution in [2.24, 2.45) is 10.4 Å². The second kappa shape index (κ2) is 8.27. The van der Waals surface area contributed by atoms with Crippen LogP contribution in [0.3, 0.4) is 0 Å². The highest BCUT2D eigenvalue weighted by Gasteiger charge is 2.36. The molecule has 2 aliphatic carbocycles. The topological polar surface area (TPSA) is 26.5 Å². The molecular formula is C23H37N2OP. The fraction of sp³-hybridized carbons (Fsp3) is 0.783. The lowest BCUT2D eigenvalue weighted by atomic mass is 9.88. The van der Waals surface area contributed by atoms with Gasteiger partial charge in [0, 0.05) is 14.3 Å². The number of ether oxygens (including phenoxy) is 1. The largest absolute Gasteiger partial charge is 0.474 e. The van der Waals surface area contributed by atoms with Gasteiger partial charge >= 0.3 is 0 Å². The second-order valence-electron chi connectivity index (χ2n) is 9.83. The summed E-state index contributed by atoms with van der Waals surface area (Å²) in [6, 6.07) is 4.75. The van der Waals surface area contributed by atoms with Crippen LogP contribution in [0.2, 0.25) is 0 Å². The lowest BCUT2D eigenvalue weighted by molar-refractivity contribution is 0.235. The molecule has 2 heterocycles. The minimum absolute atomic E-state index is 0.163. The number of aromatic nitrogens is 1. The third-order valence-corrected chi connectivity index (χ3v) is 10.1. The summed E-state index contributed by atoms with van der Waals surface area (Å²) in [6.45, 7) is 7.53. The van der Waals surface area contributed by atoms with Gasteiger partial charge in [0.15, 0.2) is 0 Å². The molecule has 2 saturated carbocycles. The molecule has 0 radical (unpaired) electrons. The van der Waals surface area contributed by atoms with Crippen molar-refractivity contribution in [2.75, 3.05) is 6.61 Å². The first-order valence-corrected chi connectivity index (χ1v) is 12.6. The molecule has 0 amide bonds. The summed E-state index contributed by atoms with van der Waals surface area (Å²) >= 11 is 0. The lowest BCUT2D eigenvalue weighted by Crippen LogP contribution is -2.25. The highest BCUT2D eigenvalue weighted by atomic mass is 31.1. The predicted octanol–water partition coefficient (Wildman–Crippen LogP) is 6.59. The molecule has 0 N–H and O–H groups in total. The molecule has 27 heavy (non-hydrogen) atoms. The Labute approximate surface area is 166 Å². The highest BCUT2D eigenvalue weighted by Crippen LogP contribution is 2.57. The molecule has 0 saturated heterocycles. The van der Waals surface area contributed by atoms with Gasteiger partial charge in [0.1, 0.15) is 12.3 Å². The van der Waals surface area contributed by atoms with Crippen molar-refractivity contribution < 1.29 is 4.74 Å². The van der Waals surface area contributed by atoms with E-state index in [4.69, 9.17) is 9.73 Å². The molecule has 1 aromatic rings. The van der Waals surface area contributed by atoms with Gasteiger partial charge in [-0.3, -0.25) is 0 Å². The molecule has 4 heteroatoms. The van der Waals surface area contributed by atoms with Crippen LogP contribution in [0.25, 0.3) is 0 Å². The lowest BCUT2D eigenvalue weighted by Gasteiger charge is -2.39. The summed E-state index contributed by atoms with van der Waals surface area (Å²) in [4.78, 5) is 5.02. The summed E-state index contributed by atoms with van der Waals surface area (Å²) in [6.07, 6.45) is 16.6. The Bertz CT molecular complexity index is 630. The molecule has 1 aliphatic heterocycles. The van der Waals surface area contributed by atoms with Crippen LogP contribution in [0, 0.1) is 5.41 Å². The van der Waals surface area contributed by atoms with Gasteiger partial charge in [-0.05, 0) is 54.5 Å². The maximum absolute atomic E-state index is 6.14. The molecular weight excluding hydrogens is 351 g/mol. The van der Waals surface area contributed by atoms with E-state index in [1.165, 1.54) is 69.9 Å². The van der Waals surface area contributed by atoms with Crippen LogP contribution >= 0.6 is 8.07 Å². The third kappa shape index (κ3) is 4.29.